The third kappa shape index (κ3) is 2.92. The lowest BCUT2D eigenvalue weighted by atomic mass is 10.1. The van der Waals surface area contributed by atoms with Gasteiger partial charge in [-0.15, -0.1) is 0 Å². The van der Waals surface area contributed by atoms with Crippen LogP contribution in [-0.2, 0) is 0 Å². The van der Waals surface area contributed by atoms with Crippen LogP contribution in [0.4, 0.5) is 10.1 Å². The van der Waals surface area contributed by atoms with Gasteiger partial charge < -0.3 is 10.4 Å². The third-order valence-corrected chi connectivity index (χ3v) is 2.75. The first-order valence-electron chi connectivity index (χ1n) is 5.45. The molecular formula is C13H8ClFN2O3. The van der Waals surface area contributed by atoms with Crippen molar-refractivity contribution < 1.29 is 19.1 Å². The van der Waals surface area contributed by atoms with E-state index in [1.54, 1.807) is 0 Å². The molecule has 0 unspecified atom stereocenters. The summed E-state index contributed by atoms with van der Waals surface area (Å²) in [7, 11) is 0. The van der Waals surface area contributed by atoms with E-state index in [2.05, 4.69) is 10.3 Å². The van der Waals surface area contributed by atoms with E-state index >= 15 is 0 Å². The van der Waals surface area contributed by atoms with Crippen molar-refractivity contribution in [3.8, 4) is 0 Å². The Morgan fingerprint density at radius 1 is 1.20 bits per heavy atom. The number of carbonyl (C=O) groups is 2. The molecule has 0 bridgehead atoms. The van der Waals surface area contributed by atoms with Crippen LogP contribution in [0.1, 0.15) is 20.8 Å². The van der Waals surface area contributed by atoms with Gasteiger partial charge in [0.25, 0.3) is 5.91 Å². The molecule has 2 rings (SSSR count). The number of aromatic nitrogens is 1. The average Bonchev–Trinajstić information content (AvgIpc) is 2.40. The third-order valence-electron chi connectivity index (χ3n) is 2.43. The summed E-state index contributed by atoms with van der Waals surface area (Å²) >= 11 is 5.86. The molecule has 0 aliphatic heterocycles. The van der Waals surface area contributed by atoms with Gasteiger partial charge >= 0.3 is 5.97 Å². The minimum absolute atomic E-state index is 0.0577. The van der Waals surface area contributed by atoms with Crippen molar-refractivity contribution in [2.45, 2.75) is 0 Å². The quantitative estimate of drug-likeness (QED) is 0.853. The highest BCUT2D eigenvalue weighted by Gasteiger charge is 2.17. The first-order chi connectivity index (χ1) is 9.49. The number of carbonyl (C=O) groups excluding carboxylic acids is 1. The maximum Gasteiger partial charge on any atom is 0.337 e. The molecule has 0 aliphatic carbocycles. The number of nitrogens with zero attached hydrogens (tertiary/aromatic N) is 1. The van der Waals surface area contributed by atoms with Gasteiger partial charge in [-0.05, 0) is 24.3 Å². The van der Waals surface area contributed by atoms with Gasteiger partial charge in [0.15, 0.2) is 0 Å². The molecule has 0 saturated carbocycles. The van der Waals surface area contributed by atoms with Gasteiger partial charge in [0.1, 0.15) is 5.69 Å². The molecule has 5 nitrogen and oxygen atoms in total. The lowest BCUT2D eigenvalue weighted by Crippen LogP contribution is -2.17. The van der Waals surface area contributed by atoms with Crippen LogP contribution in [-0.4, -0.2) is 22.0 Å². The van der Waals surface area contributed by atoms with Crippen molar-refractivity contribution in [1.29, 1.82) is 0 Å². The summed E-state index contributed by atoms with van der Waals surface area (Å²) < 4.78 is 12.9. The number of halogens is 2. The fraction of sp³-hybridized carbons (Fsp3) is 0. The molecule has 0 fully saturated rings. The monoisotopic (exact) mass is 294 g/mol. The van der Waals surface area contributed by atoms with E-state index in [9.17, 15) is 14.0 Å². The molecule has 102 valence electrons. The van der Waals surface area contributed by atoms with E-state index in [0.717, 1.165) is 6.07 Å². The molecule has 0 spiro atoms. The van der Waals surface area contributed by atoms with Gasteiger partial charge in [-0.1, -0.05) is 23.7 Å². The minimum Gasteiger partial charge on any atom is -0.478 e. The van der Waals surface area contributed by atoms with Crippen LogP contribution in [0.25, 0.3) is 0 Å². The SMILES string of the molecule is O=C(Nc1c(Cl)cccc1C(=O)O)c1cccc(F)n1. The first-order valence-corrected chi connectivity index (χ1v) is 5.82. The summed E-state index contributed by atoms with van der Waals surface area (Å²) in [6.07, 6.45) is 0. The molecule has 2 aromatic rings. The van der Waals surface area contributed by atoms with E-state index in [4.69, 9.17) is 16.7 Å². The Balaban J connectivity index is 2.35. The molecule has 1 aromatic heterocycles. The van der Waals surface area contributed by atoms with Crippen LogP contribution in [0.15, 0.2) is 36.4 Å². The zero-order valence-electron chi connectivity index (χ0n) is 9.93. The summed E-state index contributed by atoms with van der Waals surface area (Å²) in [5.74, 6) is -2.80. The summed E-state index contributed by atoms with van der Waals surface area (Å²) in [5, 5.41) is 11.4. The van der Waals surface area contributed by atoms with Crippen molar-refractivity contribution in [2.24, 2.45) is 0 Å². The van der Waals surface area contributed by atoms with Crippen LogP contribution < -0.4 is 5.32 Å². The molecule has 0 radical (unpaired) electrons. The van der Waals surface area contributed by atoms with Gasteiger partial charge in [-0.25, -0.2) is 9.78 Å². The van der Waals surface area contributed by atoms with Crippen molar-refractivity contribution >= 4 is 29.2 Å². The predicted molar refractivity (Wildman–Crippen MR) is 70.6 cm³/mol. The molecular weight excluding hydrogens is 287 g/mol. The Kier molecular flexibility index (Phi) is 3.95. The van der Waals surface area contributed by atoms with Crippen molar-refractivity contribution in [3.63, 3.8) is 0 Å². The number of hydrogen-bond donors (Lipinski definition) is 2. The molecule has 0 saturated heterocycles. The molecule has 20 heavy (non-hydrogen) atoms. The van der Waals surface area contributed by atoms with Crippen molar-refractivity contribution in [3.05, 3.63) is 58.6 Å². The van der Waals surface area contributed by atoms with Crippen LogP contribution in [0.5, 0.6) is 0 Å². The van der Waals surface area contributed by atoms with E-state index in [0.29, 0.717) is 0 Å². The fourth-order valence-electron chi connectivity index (χ4n) is 1.54. The number of anilines is 1. The van der Waals surface area contributed by atoms with Gasteiger partial charge in [-0.3, -0.25) is 4.79 Å². The smallest absolute Gasteiger partial charge is 0.337 e. The summed E-state index contributed by atoms with van der Waals surface area (Å²) in [6.45, 7) is 0. The van der Waals surface area contributed by atoms with E-state index in [1.165, 1.54) is 30.3 Å². The van der Waals surface area contributed by atoms with Crippen LogP contribution >= 0.6 is 11.6 Å². The number of rotatable bonds is 3. The topological polar surface area (TPSA) is 79.3 Å². The average molecular weight is 295 g/mol. The lowest BCUT2D eigenvalue weighted by molar-refractivity contribution is 0.0698. The Morgan fingerprint density at radius 3 is 2.55 bits per heavy atom. The number of carboxylic acids is 1. The highest BCUT2D eigenvalue weighted by atomic mass is 35.5. The lowest BCUT2D eigenvalue weighted by Gasteiger charge is -2.09. The van der Waals surface area contributed by atoms with Crippen LogP contribution in [0.2, 0.25) is 5.02 Å². The fourth-order valence-corrected chi connectivity index (χ4v) is 1.76. The molecule has 1 amide bonds. The summed E-state index contributed by atoms with van der Waals surface area (Å²) in [4.78, 5) is 26.4. The Bertz CT molecular complexity index is 691. The van der Waals surface area contributed by atoms with Crippen molar-refractivity contribution in [2.75, 3.05) is 5.32 Å². The molecule has 2 N–H and O–H groups in total. The largest absolute Gasteiger partial charge is 0.478 e. The Morgan fingerprint density at radius 2 is 1.90 bits per heavy atom. The second kappa shape index (κ2) is 5.66. The zero-order chi connectivity index (χ0) is 14.7. The number of para-hydroxylation sites is 1. The number of carboxylic acid groups (broad SMARTS) is 1. The molecule has 0 atom stereocenters. The summed E-state index contributed by atoms with van der Waals surface area (Å²) in [6, 6.07) is 7.89. The Hall–Kier alpha value is -2.47. The van der Waals surface area contributed by atoms with Gasteiger partial charge in [0, 0.05) is 0 Å². The van der Waals surface area contributed by atoms with Crippen molar-refractivity contribution in [1.82, 2.24) is 4.98 Å². The van der Waals surface area contributed by atoms with Crippen LogP contribution in [0, 0.1) is 5.95 Å². The maximum absolute atomic E-state index is 12.9. The molecule has 7 heteroatoms. The predicted octanol–water partition coefficient (Wildman–Crippen LogP) is 2.82. The second-order valence-electron chi connectivity index (χ2n) is 3.77. The molecule has 0 aliphatic rings. The first kappa shape index (κ1) is 14.0. The van der Waals surface area contributed by atoms with Crippen LogP contribution in [0.3, 0.4) is 0 Å². The van der Waals surface area contributed by atoms with E-state index < -0.39 is 17.8 Å². The second-order valence-corrected chi connectivity index (χ2v) is 4.17. The maximum atomic E-state index is 12.9. The number of amides is 1. The van der Waals surface area contributed by atoms with Gasteiger partial charge in [-0.2, -0.15) is 4.39 Å². The normalized spacial score (nSPS) is 10.1. The number of benzene rings is 1. The molecule has 1 heterocycles. The number of pyridine rings is 1. The Labute approximate surface area is 118 Å². The number of hydrogen-bond acceptors (Lipinski definition) is 3. The van der Waals surface area contributed by atoms with E-state index in [-0.39, 0.29) is 22.0 Å². The number of nitrogens with one attached hydrogen (secondary N) is 1. The number of aromatic carboxylic acids is 1. The molecule has 1 aromatic carbocycles. The minimum atomic E-state index is -1.24. The highest BCUT2D eigenvalue weighted by molar-refractivity contribution is 6.34. The van der Waals surface area contributed by atoms with Gasteiger partial charge in [0.05, 0.1) is 16.3 Å². The van der Waals surface area contributed by atoms with E-state index in [1.807, 2.05) is 0 Å². The standard InChI is InChI=1S/C13H8ClFN2O3/c14-8-4-1-3-7(13(19)20)11(8)17-12(18)9-5-2-6-10(15)16-9/h1-6H,(H,17,18)(H,19,20). The summed E-state index contributed by atoms with van der Waals surface area (Å²) in [5.41, 5.74) is -0.402. The zero-order valence-corrected chi connectivity index (χ0v) is 10.7. The van der Waals surface area contributed by atoms with Gasteiger partial charge in [0.2, 0.25) is 5.95 Å². The highest BCUT2D eigenvalue weighted by Crippen LogP contribution is 2.26.